The second-order valence-electron chi connectivity index (χ2n) is 5.37. The van der Waals surface area contributed by atoms with Crippen LogP contribution in [0, 0.1) is 5.82 Å². The molecular weight excluding hydrogens is 243 g/mol. The van der Waals surface area contributed by atoms with E-state index in [1.165, 1.54) is 12.1 Å². The van der Waals surface area contributed by atoms with Crippen LogP contribution in [0.4, 0.5) is 4.39 Å². The molecule has 1 amide bonds. The van der Waals surface area contributed by atoms with Gasteiger partial charge in [-0.05, 0) is 37.7 Å². The van der Waals surface area contributed by atoms with E-state index < -0.39 is 0 Å². The Morgan fingerprint density at radius 1 is 1.26 bits per heavy atom. The second-order valence-corrected chi connectivity index (χ2v) is 5.37. The first-order valence-electron chi connectivity index (χ1n) is 6.63. The third-order valence-corrected chi connectivity index (χ3v) is 3.18. The molecule has 0 fully saturated rings. The summed E-state index contributed by atoms with van der Waals surface area (Å²) in [7, 11) is 1.87. The van der Waals surface area contributed by atoms with Crippen LogP contribution in [0.25, 0.3) is 0 Å². The lowest BCUT2D eigenvalue weighted by Gasteiger charge is -2.25. The van der Waals surface area contributed by atoms with E-state index in [-0.39, 0.29) is 17.1 Å². The maximum Gasteiger partial charge on any atom is 0.220 e. The van der Waals surface area contributed by atoms with Crippen LogP contribution in [0.3, 0.4) is 0 Å². The van der Waals surface area contributed by atoms with E-state index in [0.717, 1.165) is 18.5 Å². The normalized spacial score (nSPS) is 11.4. The maximum absolute atomic E-state index is 12.9. The van der Waals surface area contributed by atoms with Crippen LogP contribution in [0.15, 0.2) is 24.3 Å². The number of carbonyl (C=O) groups is 1. The number of amides is 1. The summed E-state index contributed by atoms with van der Waals surface area (Å²) < 4.78 is 12.9. The zero-order valence-electron chi connectivity index (χ0n) is 11.9. The van der Waals surface area contributed by atoms with Gasteiger partial charge in [0.2, 0.25) is 5.91 Å². The molecule has 1 aromatic rings. The number of hydrogen-bond donors (Lipinski definition) is 2. The van der Waals surface area contributed by atoms with Crippen LogP contribution in [-0.4, -0.2) is 26.0 Å². The molecule has 0 spiro atoms. The van der Waals surface area contributed by atoms with Crippen LogP contribution in [0.2, 0.25) is 0 Å². The van der Waals surface area contributed by atoms with Crippen LogP contribution in [0.1, 0.15) is 32.3 Å². The molecule has 0 radical (unpaired) electrons. The van der Waals surface area contributed by atoms with Gasteiger partial charge in [-0.1, -0.05) is 26.0 Å². The minimum absolute atomic E-state index is 0.0606. The molecule has 2 N–H and O–H groups in total. The Morgan fingerprint density at radius 3 is 2.47 bits per heavy atom. The zero-order valence-corrected chi connectivity index (χ0v) is 11.9. The highest BCUT2D eigenvalue weighted by Crippen LogP contribution is 2.22. The van der Waals surface area contributed by atoms with Gasteiger partial charge in [0.15, 0.2) is 0 Å². The smallest absolute Gasteiger partial charge is 0.220 e. The Hall–Kier alpha value is -1.42. The van der Waals surface area contributed by atoms with E-state index in [0.29, 0.717) is 13.0 Å². The van der Waals surface area contributed by atoms with Gasteiger partial charge in [0.1, 0.15) is 5.82 Å². The number of carbonyl (C=O) groups excluding carboxylic acids is 1. The average molecular weight is 266 g/mol. The van der Waals surface area contributed by atoms with Crippen molar-refractivity contribution in [2.75, 3.05) is 20.1 Å². The minimum Gasteiger partial charge on any atom is -0.355 e. The van der Waals surface area contributed by atoms with Crippen molar-refractivity contribution in [3.05, 3.63) is 35.6 Å². The first kappa shape index (κ1) is 15.6. The molecule has 0 aliphatic heterocycles. The average Bonchev–Trinajstić information content (AvgIpc) is 2.37. The van der Waals surface area contributed by atoms with Gasteiger partial charge in [-0.15, -0.1) is 0 Å². The van der Waals surface area contributed by atoms with Gasteiger partial charge in [-0.2, -0.15) is 0 Å². The third kappa shape index (κ3) is 5.39. The van der Waals surface area contributed by atoms with E-state index >= 15 is 0 Å². The van der Waals surface area contributed by atoms with Crippen molar-refractivity contribution in [3.8, 4) is 0 Å². The van der Waals surface area contributed by atoms with Gasteiger partial charge in [0.05, 0.1) is 0 Å². The van der Waals surface area contributed by atoms with Gasteiger partial charge in [0, 0.05) is 18.4 Å². The topological polar surface area (TPSA) is 41.1 Å². The summed E-state index contributed by atoms with van der Waals surface area (Å²) >= 11 is 0. The number of rotatable bonds is 7. The largest absolute Gasteiger partial charge is 0.355 e. The van der Waals surface area contributed by atoms with Crippen LogP contribution in [-0.2, 0) is 10.2 Å². The monoisotopic (exact) mass is 266 g/mol. The van der Waals surface area contributed by atoms with Crippen molar-refractivity contribution >= 4 is 5.91 Å². The molecule has 0 aliphatic rings. The SMILES string of the molecule is CNCCCC(=O)NCC(C)(C)c1ccc(F)cc1. The highest BCUT2D eigenvalue weighted by atomic mass is 19.1. The fourth-order valence-electron chi connectivity index (χ4n) is 1.84. The first-order chi connectivity index (χ1) is 8.95. The fraction of sp³-hybridized carbons (Fsp3) is 0.533. The van der Waals surface area contributed by atoms with Crippen molar-refractivity contribution in [2.45, 2.75) is 32.1 Å². The predicted octanol–water partition coefficient (Wildman–Crippen LogP) is 2.22. The molecule has 19 heavy (non-hydrogen) atoms. The Morgan fingerprint density at radius 2 is 1.89 bits per heavy atom. The van der Waals surface area contributed by atoms with Crippen LogP contribution < -0.4 is 10.6 Å². The summed E-state index contributed by atoms with van der Waals surface area (Å²) in [5, 5.41) is 5.95. The molecule has 0 unspecified atom stereocenters. The van der Waals surface area contributed by atoms with Crippen molar-refractivity contribution in [1.82, 2.24) is 10.6 Å². The second kappa shape index (κ2) is 7.24. The van der Waals surface area contributed by atoms with Crippen molar-refractivity contribution in [1.29, 1.82) is 0 Å². The molecule has 0 saturated heterocycles. The van der Waals surface area contributed by atoms with Crippen LogP contribution >= 0.6 is 0 Å². The predicted molar refractivity (Wildman–Crippen MR) is 75.6 cm³/mol. The summed E-state index contributed by atoms with van der Waals surface area (Å²) in [6.45, 7) is 5.47. The number of nitrogens with one attached hydrogen (secondary N) is 2. The molecule has 3 nitrogen and oxygen atoms in total. The summed E-state index contributed by atoms with van der Waals surface area (Å²) in [6, 6.07) is 6.43. The molecule has 0 heterocycles. The Kier molecular flexibility index (Phi) is 5.96. The van der Waals surface area contributed by atoms with E-state index in [2.05, 4.69) is 10.6 Å². The summed E-state index contributed by atoms with van der Waals surface area (Å²) in [6.07, 6.45) is 1.36. The molecule has 1 aromatic carbocycles. The Bertz CT molecular complexity index is 401. The molecule has 0 aliphatic carbocycles. The lowest BCUT2D eigenvalue weighted by Crippen LogP contribution is -2.36. The molecular formula is C15H23FN2O. The lowest BCUT2D eigenvalue weighted by molar-refractivity contribution is -0.121. The number of hydrogen-bond acceptors (Lipinski definition) is 2. The zero-order chi connectivity index (χ0) is 14.3. The van der Waals surface area contributed by atoms with Gasteiger partial charge >= 0.3 is 0 Å². The van der Waals surface area contributed by atoms with E-state index in [9.17, 15) is 9.18 Å². The minimum atomic E-state index is -0.240. The lowest BCUT2D eigenvalue weighted by atomic mass is 9.84. The quantitative estimate of drug-likeness (QED) is 0.743. The maximum atomic E-state index is 12.9. The van der Waals surface area contributed by atoms with Crippen molar-refractivity contribution < 1.29 is 9.18 Å². The Labute approximate surface area is 114 Å². The molecule has 0 bridgehead atoms. The number of benzene rings is 1. The van der Waals surface area contributed by atoms with Crippen molar-refractivity contribution in [3.63, 3.8) is 0 Å². The van der Waals surface area contributed by atoms with Gasteiger partial charge in [-0.3, -0.25) is 4.79 Å². The van der Waals surface area contributed by atoms with Gasteiger partial charge in [0.25, 0.3) is 0 Å². The third-order valence-electron chi connectivity index (χ3n) is 3.18. The molecule has 0 atom stereocenters. The standard InChI is InChI=1S/C15H23FN2O/c1-15(2,12-6-8-13(16)9-7-12)11-18-14(19)5-4-10-17-3/h6-9,17H,4-5,10-11H2,1-3H3,(H,18,19). The summed E-state index contributed by atoms with van der Waals surface area (Å²) in [5.74, 6) is -0.180. The van der Waals surface area contributed by atoms with Crippen molar-refractivity contribution in [2.24, 2.45) is 0 Å². The molecule has 0 aromatic heterocycles. The van der Waals surface area contributed by atoms with E-state index in [4.69, 9.17) is 0 Å². The first-order valence-corrected chi connectivity index (χ1v) is 6.63. The molecule has 4 heteroatoms. The van der Waals surface area contributed by atoms with Crippen LogP contribution in [0.5, 0.6) is 0 Å². The summed E-state index contributed by atoms with van der Waals surface area (Å²) in [5.41, 5.74) is 0.816. The fourth-order valence-corrected chi connectivity index (χ4v) is 1.84. The van der Waals surface area contributed by atoms with E-state index in [1.807, 2.05) is 20.9 Å². The highest BCUT2D eigenvalue weighted by Gasteiger charge is 2.21. The van der Waals surface area contributed by atoms with Gasteiger partial charge in [-0.25, -0.2) is 4.39 Å². The van der Waals surface area contributed by atoms with E-state index in [1.54, 1.807) is 12.1 Å². The number of halogens is 1. The molecule has 0 saturated carbocycles. The summed E-state index contributed by atoms with van der Waals surface area (Å²) in [4.78, 5) is 11.7. The molecule has 1 rings (SSSR count). The highest BCUT2D eigenvalue weighted by molar-refractivity contribution is 5.75. The Balaban J connectivity index is 2.46. The molecule has 106 valence electrons. The van der Waals surface area contributed by atoms with Gasteiger partial charge < -0.3 is 10.6 Å².